The Hall–Kier alpha value is -0.490. The largest absolute Gasteiger partial charge is 0.394 e. The second-order valence-electron chi connectivity index (χ2n) is 2.45. The molecular weight excluding hydrogens is 153 g/mol. The molecule has 0 aromatic heterocycles. The van der Waals surface area contributed by atoms with Gasteiger partial charge in [0.15, 0.2) is 5.78 Å². The van der Waals surface area contributed by atoms with Crippen molar-refractivity contribution in [3.05, 3.63) is 0 Å². The third kappa shape index (κ3) is 1.75. The van der Waals surface area contributed by atoms with Crippen LogP contribution in [0, 0.1) is 0 Å². The van der Waals surface area contributed by atoms with Gasteiger partial charge in [-0.1, -0.05) is 0 Å². The Kier molecular flexibility index (Phi) is 2.56. The highest BCUT2D eigenvalue weighted by atomic mass is 16.7. The number of Topliss-reactive ketones (excluding diaryl/α,β-unsaturated/α-hetero) is 1. The highest BCUT2D eigenvalue weighted by molar-refractivity contribution is 5.82. The van der Waals surface area contributed by atoms with Crippen LogP contribution in [0.4, 0.5) is 0 Å². The van der Waals surface area contributed by atoms with Crippen LogP contribution in [0.1, 0.15) is 6.42 Å². The molecule has 64 valence electrons. The second kappa shape index (κ2) is 3.27. The molecule has 2 unspecified atom stereocenters. The zero-order valence-corrected chi connectivity index (χ0v) is 5.80. The summed E-state index contributed by atoms with van der Waals surface area (Å²) in [5.74, 6) is -0.554. The topological polar surface area (TPSA) is 87.0 Å². The van der Waals surface area contributed by atoms with E-state index in [0.717, 1.165) is 0 Å². The Labute approximate surface area is 63.2 Å². The van der Waals surface area contributed by atoms with Crippen LogP contribution in [-0.2, 0) is 9.53 Å². The van der Waals surface area contributed by atoms with Crippen LogP contribution >= 0.6 is 0 Å². The molecule has 0 aromatic carbocycles. The molecule has 1 saturated heterocycles. The lowest BCUT2D eigenvalue weighted by molar-refractivity contribution is -0.205. The zero-order chi connectivity index (χ0) is 8.43. The van der Waals surface area contributed by atoms with Gasteiger partial charge in [-0.25, -0.2) is 0 Å². The van der Waals surface area contributed by atoms with Gasteiger partial charge in [0.05, 0.1) is 12.7 Å². The van der Waals surface area contributed by atoms with E-state index in [0.29, 0.717) is 0 Å². The first kappa shape index (κ1) is 8.61. The minimum atomic E-state index is -1.49. The van der Waals surface area contributed by atoms with Crippen LogP contribution in [0.25, 0.3) is 0 Å². The van der Waals surface area contributed by atoms with Crippen LogP contribution in [0.2, 0.25) is 0 Å². The van der Waals surface area contributed by atoms with Crippen molar-refractivity contribution in [2.24, 2.45) is 0 Å². The van der Waals surface area contributed by atoms with E-state index in [-0.39, 0.29) is 6.42 Å². The maximum Gasteiger partial charge on any atom is 0.215 e. The average molecular weight is 163 g/mol. The third-order valence-corrected chi connectivity index (χ3v) is 1.60. The van der Waals surface area contributed by atoms with Crippen LogP contribution in [0.3, 0.4) is 0 Å². The van der Waals surface area contributed by atoms with Crippen molar-refractivity contribution in [2.75, 3.05) is 6.61 Å². The third-order valence-electron chi connectivity index (χ3n) is 1.60. The van der Waals surface area contributed by atoms with E-state index >= 15 is 0 Å². The van der Waals surface area contributed by atoms with E-state index in [9.17, 15) is 4.79 Å². The molecule has 11 heavy (non-hydrogen) atoms. The first-order valence-corrected chi connectivity index (χ1v) is 3.30. The molecule has 1 fully saturated rings. The molecule has 0 radical (unpaired) electrons. The quantitative estimate of drug-likeness (QED) is 0.390. The Morgan fingerprint density at radius 3 is 2.73 bits per heavy atom. The van der Waals surface area contributed by atoms with Crippen molar-refractivity contribution < 1.29 is 24.9 Å². The number of hydrogen-bond donors (Lipinski definition) is 3. The van der Waals surface area contributed by atoms with E-state index in [1.807, 2.05) is 0 Å². The van der Waals surface area contributed by atoms with E-state index in [1.165, 1.54) is 0 Å². The zero-order valence-electron chi connectivity index (χ0n) is 5.80. The number of ether oxygens (including phenoxy) is 1. The first-order chi connectivity index (χ1) is 5.15. The lowest BCUT2D eigenvalue weighted by Crippen LogP contribution is -2.46. The number of rotatable bonds is 1. The van der Waals surface area contributed by atoms with E-state index in [2.05, 4.69) is 4.74 Å². The number of aliphatic hydroxyl groups is 3. The van der Waals surface area contributed by atoms with Gasteiger partial charge in [-0.3, -0.25) is 4.79 Å². The fourth-order valence-electron chi connectivity index (χ4n) is 0.935. The van der Waals surface area contributed by atoms with Gasteiger partial charge in [0.25, 0.3) is 0 Å². The van der Waals surface area contributed by atoms with Gasteiger partial charge >= 0.3 is 0 Å². The average Bonchev–Trinajstić information content (AvgIpc) is 1.97. The second-order valence-corrected chi connectivity index (χ2v) is 2.45. The maximum atomic E-state index is 10.6. The van der Waals surface area contributed by atoms with E-state index in [1.54, 1.807) is 0 Å². The molecule has 3 atom stereocenters. The molecule has 0 saturated carbocycles. The Morgan fingerprint density at radius 1 is 1.55 bits per heavy atom. The predicted octanol–water partition coefficient (Wildman–Crippen LogP) is -1.98. The number of ketones is 1. The van der Waals surface area contributed by atoms with Crippen molar-refractivity contribution >= 4 is 5.78 Å². The number of hydrogen-bond acceptors (Lipinski definition) is 5. The monoisotopic (exact) mass is 163 g/mol. The van der Waals surface area contributed by atoms with Crippen LogP contribution in [0.5, 0.6) is 0 Å². The van der Waals surface area contributed by atoms with Gasteiger partial charge < -0.3 is 20.1 Å². The summed E-state index contributed by atoms with van der Waals surface area (Å²) >= 11 is 0. The molecule has 5 nitrogen and oxygen atoms in total. The van der Waals surface area contributed by atoms with E-state index in [4.69, 9.17) is 15.3 Å². The van der Waals surface area contributed by atoms with Crippen molar-refractivity contribution in [1.29, 1.82) is 0 Å². The smallest absolute Gasteiger partial charge is 0.215 e. The van der Waals surface area contributed by atoms with Crippen molar-refractivity contribution in [3.8, 4) is 0 Å². The number of aliphatic hydroxyl groups excluding tert-OH is 3. The van der Waals surface area contributed by atoms with Crippen LogP contribution in [-0.4, -0.2) is 46.2 Å². The lowest BCUT2D eigenvalue weighted by atomic mass is 10.1. The van der Waals surface area contributed by atoms with Crippen LogP contribution < -0.4 is 0 Å². The molecule has 0 aliphatic carbocycles. The van der Waals surface area contributed by atoms with E-state index < -0.39 is 30.9 Å². The van der Waals surface area contributed by atoms with Gasteiger partial charge in [-0.05, 0) is 0 Å². The van der Waals surface area contributed by atoms with Gasteiger partial charge in [0.2, 0.25) is 6.29 Å². The first-order valence-electron chi connectivity index (χ1n) is 3.30. The Morgan fingerprint density at radius 2 is 2.18 bits per heavy atom. The summed E-state index contributed by atoms with van der Waals surface area (Å²) in [6, 6.07) is 0. The molecule has 1 aliphatic heterocycles. The summed E-state index contributed by atoms with van der Waals surface area (Å²) in [6.45, 7) is -0.397. The summed E-state index contributed by atoms with van der Waals surface area (Å²) in [6.07, 6.45) is -3.50. The fourth-order valence-corrected chi connectivity index (χ4v) is 0.935. The molecule has 0 amide bonds. The van der Waals surface area contributed by atoms with Crippen molar-refractivity contribution in [3.63, 3.8) is 0 Å². The maximum absolute atomic E-state index is 10.6. The van der Waals surface area contributed by atoms with Crippen molar-refractivity contribution in [2.45, 2.75) is 24.9 Å². The Balaban J connectivity index is 2.54. The van der Waals surface area contributed by atoms with Crippen LogP contribution in [0.15, 0.2) is 0 Å². The van der Waals surface area contributed by atoms with Gasteiger partial charge in [-0.2, -0.15) is 0 Å². The van der Waals surface area contributed by atoms with Crippen molar-refractivity contribution in [1.82, 2.24) is 0 Å². The molecule has 0 aromatic rings. The standard InChI is InChI=1S/C6H10O5/c7-2-5-3(8)1-4(9)6(10)11-5/h3,5-8,10H,1-2H2/t3-,5?,6?/m0/s1/i6+1. The molecule has 3 N–H and O–H groups in total. The highest BCUT2D eigenvalue weighted by Gasteiger charge is 2.34. The molecule has 0 spiro atoms. The normalized spacial score (nSPS) is 39.2. The number of carbonyl (C=O) groups excluding carboxylic acids is 1. The predicted molar refractivity (Wildman–Crippen MR) is 33.6 cm³/mol. The lowest BCUT2D eigenvalue weighted by Gasteiger charge is -2.28. The van der Waals surface area contributed by atoms with Gasteiger partial charge in [0.1, 0.15) is 6.10 Å². The van der Waals surface area contributed by atoms with Gasteiger partial charge in [-0.15, -0.1) is 0 Å². The molecule has 1 rings (SSSR count). The number of carbonyl (C=O) groups is 1. The minimum absolute atomic E-state index is 0.160. The SMILES string of the molecule is O=C1C[C@H](O)C(CO)O[13CH]1O. The summed E-state index contributed by atoms with van der Waals surface area (Å²) < 4.78 is 4.57. The highest BCUT2D eigenvalue weighted by Crippen LogP contribution is 2.14. The summed E-state index contributed by atoms with van der Waals surface area (Å²) in [7, 11) is 0. The summed E-state index contributed by atoms with van der Waals surface area (Å²) in [5, 5.41) is 26.4. The molecule has 0 bridgehead atoms. The molecule has 5 heteroatoms. The summed E-state index contributed by atoms with van der Waals surface area (Å²) in [4.78, 5) is 10.6. The van der Waals surface area contributed by atoms with Gasteiger partial charge in [0, 0.05) is 6.42 Å². The molecular formula is C6H10O5. The molecule has 1 aliphatic rings. The minimum Gasteiger partial charge on any atom is -0.394 e. The fraction of sp³-hybridized carbons (Fsp3) is 0.833. The summed E-state index contributed by atoms with van der Waals surface area (Å²) in [5.41, 5.74) is 0. The Bertz CT molecular complexity index is 157. The molecule has 1 heterocycles.